The minimum absolute atomic E-state index is 0. The molecule has 0 fully saturated rings. The molecule has 0 radical (unpaired) electrons. The van der Waals surface area contributed by atoms with E-state index in [1.54, 1.807) is 5.51 Å². The van der Waals surface area contributed by atoms with Crippen molar-refractivity contribution in [2.45, 2.75) is 45.8 Å². The second-order valence-corrected chi connectivity index (χ2v) is 8.44. The Labute approximate surface area is 199 Å². The molecule has 0 bridgehead atoms. The van der Waals surface area contributed by atoms with E-state index >= 15 is 0 Å². The van der Waals surface area contributed by atoms with E-state index in [1.807, 2.05) is 32.0 Å². The normalized spacial score (nSPS) is 17.2. The van der Waals surface area contributed by atoms with E-state index < -0.39 is 0 Å². The van der Waals surface area contributed by atoms with Gasteiger partial charge in [0.1, 0.15) is 16.2 Å². The van der Waals surface area contributed by atoms with Crippen molar-refractivity contribution in [3.63, 3.8) is 0 Å². The van der Waals surface area contributed by atoms with Gasteiger partial charge < -0.3 is 20.7 Å². The van der Waals surface area contributed by atoms with Crippen LogP contribution in [0.5, 0.6) is 5.75 Å². The average molecular weight is 543 g/mol. The van der Waals surface area contributed by atoms with Crippen LogP contribution >= 0.6 is 35.3 Å². The largest absolute Gasteiger partial charge is 0.487 e. The fourth-order valence-electron chi connectivity index (χ4n) is 3.35. The highest BCUT2D eigenvalue weighted by Crippen LogP contribution is 2.39. The van der Waals surface area contributed by atoms with E-state index in [1.165, 1.54) is 11.3 Å². The van der Waals surface area contributed by atoms with Crippen LogP contribution in [0.25, 0.3) is 0 Å². The first-order valence-electron chi connectivity index (χ1n) is 9.90. The number of amides is 1. The minimum Gasteiger partial charge on any atom is -0.487 e. The predicted octanol–water partition coefficient (Wildman–Crippen LogP) is 3.66. The molecule has 1 unspecified atom stereocenters. The minimum atomic E-state index is -0.260. The molecule has 1 aromatic carbocycles. The summed E-state index contributed by atoms with van der Waals surface area (Å²) in [7, 11) is 0. The van der Waals surface area contributed by atoms with E-state index in [0.717, 1.165) is 35.9 Å². The van der Waals surface area contributed by atoms with Crippen molar-refractivity contribution in [1.82, 2.24) is 20.9 Å². The molecule has 1 aliphatic heterocycles. The van der Waals surface area contributed by atoms with Gasteiger partial charge in [0.15, 0.2) is 5.96 Å². The zero-order valence-electron chi connectivity index (χ0n) is 17.8. The topological polar surface area (TPSA) is 87.6 Å². The zero-order valence-corrected chi connectivity index (χ0v) is 21.0. The van der Waals surface area contributed by atoms with Crippen LogP contribution < -0.4 is 20.7 Å². The van der Waals surface area contributed by atoms with Gasteiger partial charge in [-0.05, 0) is 33.8 Å². The molecule has 1 aliphatic rings. The Hall–Kier alpha value is -1.88. The molecule has 30 heavy (non-hydrogen) atoms. The maximum Gasteiger partial charge on any atom is 0.263 e. The Morgan fingerprint density at radius 2 is 2.10 bits per heavy atom. The van der Waals surface area contributed by atoms with Gasteiger partial charge in [-0.2, -0.15) is 0 Å². The van der Waals surface area contributed by atoms with Crippen LogP contribution in [-0.4, -0.2) is 42.1 Å². The standard InChI is InChI=1S/C21H29N5O2S.HI/c1-5-22-20(24-11-10-23-19(27)18-14(2)25-13-29-18)26-16-12-21(3,4)28-17-9-7-6-8-15(16)17;/h6-9,13,16H,5,10-12H2,1-4H3,(H,23,27)(H2,22,24,26);1H. The smallest absolute Gasteiger partial charge is 0.263 e. The van der Waals surface area contributed by atoms with E-state index in [-0.39, 0.29) is 41.5 Å². The quantitative estimate of drug-likeness (QED) is 0.224. The lowest BCUT2D eigenvalue weighted by atomic mass is 9.90. The number of aliphatic imine (C=N–C) groups is 1. The number of hydrogen-bond acceptors (Lipinski definition) is 5. The number of guanidine groups is 1. The molecule has 1 amide bonds. The highest BCUT2D eigenvalue weighted by Gasteiger charge is 2.33. The summed E-state index contributed by atoms with van der Waals surface area (Å²) in [6, 6.07) is 8.21. The predicted molar refractivity (Wildman–Crippen MR) is 132 cm³/mol. The van der Waals surface area contributed by atoms with Gasteiger partial charge in [0, 0.05) is 25.1 Å². The number of aryl methyl sites for hydroxylation is 1. The number of benzene rings is 1. The summed E-state index contributed by atoms with van der Waals surface area (Å²) in [5, 5.41) is 9.73. The Morgan fingerprint density at radius 1 is 1.33 bits per heavy atom. The molecule has 164 valence electrons. The van der Waals surface area contributed by atoms with Crippen molar-refractivity contribution >= 4 is 47.2 Å². The Morgan fingerprint density at radius 3 is 2.80 bits per heavy atom. The maximum atomic E-state index is 12.2. The number of ether oxygens (including phenoxy) is 1. The number of nitrogens with one attached hydrogen (secondary N) is 3. The summed E-state index contributed by atoms with van der Waals surface area (Å²) in [6.45, 7) is 9.76. The number of thiazole rings is 1. The van der Waals surface area contributed by atoms with Gasteiger partial charge in [0.25, 0.3) is 5.91 Å². The molecule has 0 spiro atoms. The van der Waals surface area contributed by atoms with Crippen molar-refractivity contribution < 1.29 is 9.53 Å². The van der Waals surface area contributed by atoms with Crippen LogP contribution in [0.2, 0.25) is 0 Å². The molecule has 2 aromatic rings. The first kappa shape index (κ1) is 24.4. The lowest BCUT2D eigenvalue weighted by molar-refractivity contribution is 0.0694. The summed E-state index contributed by atoms with van der Waals surface area (Å²) >= 11 is 1.35. The molecule has 2 heterocycles. The van der Waals surface area contributed by atoms with Crippen LogP contribution in [0.3, 0.4) is 0 Å². The number of hydrogen-bond donors (Lipinski definition) is 3. The van der Waals surface area contributed by atoms with Gasteiger partial charge in [0.05, 0.1) is 23.8 Å². The van der Waals surface area contributed by atoms with Crippen molar-refractivity contribution in [3.05, 3.63) is 45.9 Å². The average Bonchev–Trinajstić information content (AvgIpc) is 3.10. The van der Waals surface area contributed by atoms with Crippen LogP contribution in [0.4, 0.5) is 0 Å². The third kappa shape index (κ3) is 6.31. The molecular weight excluding hydrogens is 513 g/mol. The van der Waals surface area contributed by atoms with E-state index in [4.69, 9.17) is 4.74 Å². The molecule has 0 saturated heterocycles. The highest BCUT2D eigenvalue weighted by atomic mass is 127. The molecule has 7 nitrogen and oxygen atoms in total. The van der Waals surface area contributed by atoms with E-state index in [2.05, 4.69) is 45.8 Å². The summed E-state index contributed by atoms with van der Waals surface area (Å²) < 4.78 is 6.11. The number of rotatable bonds is 6. The SMILES string of the molecule is CCNC(=NCCNC(=O)c1scnc1C)NC1CC(C)(C)Oc2ccccc21.I. The molecule has 3 N–H and O–H groups in total. The molecule has 1 atom stereocenters. The molecule has 0 aliphatic carbocycles. The van der Waals surface area contributed by atoms with Crippen LogP contribution in [0, 0.1) is 6.92 Å². The fraction of sp³-hybridized carbons (Fsp3) is 0.476. The Balaban J connectivity index is 0.00000320. The molecule has 9 heteroatoms. The van der Waals surface area contributed by atoms with Crippen molar-refractivity contribution in [2.24, 2.45) is 4.99 Å². The third-order valence-corrected chi connectivity index (χ3v) is 5.58. The zero-order chi connectivity index (χ0) is 20.9. The van der Waals surface area contributed by atoms with E-state index in [0.29, 0.717) is 18.0 Å². The van der Waals surface area contributed by atoms with Crippen molar-refractivity contribution in [1.29, 1.82) is 0 Å². The van der Waals surface area contributed by atoms with Crippen LogP contribution in [0.1, 0.15) is 54.2 Å². The number of fused-ring (bicyclic) bond motifs is 1. The second-order valence-electron chi connectivity index (χ2n) is 7.58. The second kappa shape index (κ2) is 10.9. The van der Waals surface area contributed by atoms with Gasteiger partial charge in [-0.25, -0.2) is 4.98 Å². The molecule has 1 aromatic heterocycles. The van der Waals surface area contributed by atoms with Gasteiger partial charge in [-0.1, -0.05) is 18.2 Å². The first-order chi connectivity index (χ1) is 13.9. The summed E-state index contributed by atoms with van der Waals surface area (Å²) in [5.74, 6) is 1.54. The summed E-state index contributed by atoms with van der Waals surface area (Å²) in [4.78, 5) is 21.6. The third-order valence-electron chi connectivity index (χ3n) is 4.65. The van der Waals surface area contributed by atoms with Crippen LogP contribution in [-0.2, 0) is 0 Å². The lowest BCUT2D eigenvalue weighted by Gasteiger charge is -2.38. The summed E-state index contributed by atoms with van der Waals surface area (Å²) in [6.07, 6.45) is 0.829. The number of para-hydroxylation sites is 1. The van der Waals surface area contributed by atoms with Crippen molar-refractivity contribution in [3.8, 4) is 5.75 Å². The summed E-state index contributed by atoms with van der Waals surface area (Å²) in [5.41, 5.74) is 3.31. The number of aromatic nitrogens is 1. The number of carbonyl (C=O) groups is 1. The van der Waals surface area contributed by atoms with Gasteiger partial charge in [0.2, 0.25) is 0 Å². The lowest BCUT2D eigenvalue weighted by Crippen LogP contribution is -2.45. The highest BCUT2D eigenvalue weighted by molar-refractivity contribution is 14.0. The first-order valence-corrected chi connectivity index (χ1v) is 10.8. The van der Waals surface area contributed by atoms with Gasteiger partial charge >= 0.3 is 0 Å². The van der Waals surface area contributed by atoms with Gasteiger partial charge in [-0.15, -0.1) is 35.3 Å². The van der Waals surface area contributed by atoms with Crippen LogP contribution in [0.15, 0.2) is 34.8 Å². The Bertz CT molecular complexity index is 884. The monoisotopic (exact) mass is 543 g/mol. The Kier molecular flexibility index (Phi) is 8.90. The number of halogens is 1. The van der Waals surface area contributed by atoms with Crippen molar-refractivity contribution in [2.75, 3.05) is 19.6 Å². The molecule has 3 rings (SSSR count). The van der Waals surface area contributed by atoms with E-state index in [9.17, 15) is 4.79 Å². The maximum absolute atomic E-state index is 12.2. The fourth-order valence-corrected chi connectivity index (χ4v) is 4.07. The number of nitrogens with zero attached hydrogens (tertiary/aromatic N) is 2. The van der Waals surface area contributed by atoms with Gasteiger partial charge in [-0.3, -0.25) is 9.79 Å². The number of carbonyl (C=O) groups excluding carboxylic acids is 1. The molecule has 0 saturated carbocycles. The molecular formula is C21H30IN5O2S.